The van der Waals surface area contributed by atoms with Crippen molar-refractivity contribution in [2.45, 2.75) is 18.1 Å². The molecule has 0 spiro atoms. The topological polar surface area (TPSA) is 71.3 Å². The highest BCUT2D eigenvalue weighted by molar-refractivity contribution is 7.99. The number of thioether (sulfide) groups is 1. The van der Waals surface area contributed by atoms with E-state index in [1.165, 1.54) is 23.1 Å². The second-order valence-electron chi connectivity index (χ2n) is 7.91. The first-order valence-electron chi connectivity index (χ1n) is 10.9. The highest BCUT2D eigenvalue weighted by Gasteiger charge is 2.31. The number of thiophene rings is 2. The number of para-hydroxylation sites is 1. The smallest absolute Gasteiger partial charge is 0.264 e. The van der Waals surface area contributed by atoms with E-state index in [2.05, 4.69) is 10.2 Å². The van der Waals surface area contributed by atoms with Gasteiger partial charge in [0.15, 0.2) is 11.0 Å². The van der Waals surface area contributed by atoms with Crippen LogP contribution in [0.4, 0.5) is 0 Å². The summed E-state index contributed by atoms with van der Waals surface area (Å²) >= 11 is 4.45. The van der Waals surface area contributed by atoms with E-state index in [1.54, 1.807) is 11.3 Å². The molecule has 0 aliphatic carbocycles. The molecule has 4 aromatic rings. The zero-order valence-corrected chi connectivity index (χ0v) is 21.0. The Labute approximate surface area is 210 Å². The third kappa shape index (κ3) is 4.66. The summed E-state index contributed by atoms with van der Waals surface area (Å²) in [5.41, 5.74) is 0.958. The van der Waals surface area contributed by atoms with Gasteiger partial charge in [-0.05, 0) is 41.9 Å². The summed E-state index contributed by atoms with van der Waals surface area (Å²) in [5, 5.41) is 13.4. The molecule has 0 radical (unpaired) electrons. The molecular formula is C24H23N5O2S3. The quantitative estimate of drug-likeness (QED) is 0.357. The zero-order valence-electron chi connectivity index (χ0n) is 18.5. The van der Waals surface area contributed by atoms with Gasteiger partial charge in [0, 0.05) is 31.4 Å². The first-order chi connectivity index (χ1) is 16.6. The average molecular weight is 510 g/mol. The normalized spacial score (nSPS) is 16.1. The number of amides is 2. The summed E-state index contributed by atoms with van der Waals surface area (Å²) in [6, 6.07) is 17.7. The predicted molar refractivity (Wildman–Crippen MR) is 137 cm³/mol. The molecule has 2 amide bonds. The molecule has 174 valence electrons. The molecule has 1 aliphatic heterocycles. The molecule has 4 heterocycles. The van der Waals surface area contributed by atoms with Crippen LogP contribution in [0.5, 0.6) is 0 Å². The molecule has 1 aromatic carbocycles. The van der Waals surface area contributed by atoms with Crippen molar-refractivity contribution in [1.29, 1.82) is 0 Å². The Hall–Kier alpha value is -2.95. The highest BCUT2D eigenvalue weighted by atomic mass is 32.2. The van der Waals surface area contributed by atoms with Crippen molar-refractivity contribution in [2.24, 2.45) is 0 Å². The number of piperazine rings is 1. The van der Waals surface area contributed by atoms with Gasteiger partial charge in [0.05, 0.1) is 15.5 Å². The van der Waals surface area contributed by atoms with Gasteiger partial charge in [-0.3, -0.25) is 14.2 Å². The van der Waals surface area contributed by atoms with E-state index < -0.39 is 0 Å². The fraction of sp³-hybridized carbons (Fsp3) is 0.250. The van der Waals surface area contributed by atoms with E-state index in [-0.39, 0.29) is 23.6 Å². The molecule has 0 bridgehead atoms. The molecular weight excluding hydrogens is 486 g/mol. The molecule has 1 unspecified atom stereocenters. The standard InChI is InChI=1S/C24H23N5O2S3/c1-17-15-27(11-12-28(17)23(31)20-10-6-14-33-20)21(30)16-34-24-26-25-22(19-9-5-13-32-19)29(24)18-7-3-2-4-8-18/h2-10,13-14,17H,11-12,15-16H2,1H3. The molecule has 10 heteroatoms. The molecule has 0 N–H and O–H groups in total. The third-order valence-corrected chi connectivity index (χ3v) is 8.32. The van der Waals surface area contributed by atoms with Crippen molar-refractivity contribution in [1.82, 2.24) is 24.6 Å². The molecule has 1 saturated heterocycles. The van der Waals surface area contributed by atoms with Gasteiger partial charge in [-0.15, -0.1) is 32.9 Å². The Bertz CT molecular complexity index is 1260. The van der Waals surface area contributed by atoms with Gasteiger partial charge in [0.25, 0.3) is 5.91 Å². The Kier molecular flexibility index (Phi) is 6.80. The summed E-state index contributed by atoms with van der Waals surface area (Å²) in [5.74, 6) is 1.12. The van der Waals surface area contributed by atoms with Gasteiger partial charge in [-0.2, -0.15) is 0 Å². The van der Waals surface area contributed by atoms with E-state index >= 15 is 0 Å². The van der Waals surface area contributed by atoms with Crippen LogP contribution in [0.1, 0.15) is 16.6 Å². The molecule has 3 aromatic heterocycles. The molecule has 7 nitrogen and oxygen atoms in total. The molecule has 0 saturated carbocycles. The lowest BCUT2D eigenvalue weighted by molar-refractivity contribution is -0.130. The number of nitrogens with zero attached hydrogens (tertiary/aromatic N) is 5. The van der Waals surface area contributed by atoms with E-state index in [0.717, 1.165) is 21.3 Å². The first kappa shape index (κ1) is 22.8. The molecule has 5 rings (SSSR count). The third-order valence-electron chi connectivity index (χ3n) is 5.69. The number of aromatic nitrogens is 3. The number of rotatable bonds is 6. The number of carbonyl (C=O) groups excluding carboxylic acids is 2. The summed E-state index contributed by atoms with van der Waals surface area (Å²) in [6.07, 6.45) is 0. The van der Waals surface area contributed by atoms with E-state index in [9.17, 15) is 9.59 Å². The maximum absolute atomic E-state index is 13.1. The lowest BCUT2D eigenvalue weighted by atomic mass is 10.2. The van der Waals surface area contributed by atoms with Crippen molar-refractivity contribution in [3.8, 4) is 16.4 Å². The summed E-state index contributed by atoms with van der Waals surface area (Å²) in [6.45, 7) is 3.60. The van der Waals surface area contributed by atoms with Crippen LogP contribution in [-0.4, -0.2) is 67.8 Å². The van der Waals surface area contributed by atoms with Crippen LogP contribution in [0.2, 0.25) is 0 Å². The van der Waals surface area contributed by atoms with E-state index in [4.69, 9.17) is 0 Å². The summed E-state index contributed by atoms with van der Waals surface area (Å²) < 4.78 is 2.00. The minimum Gasteiger partial charge on any atom is -0.338 e. The largest absolute Gasteiger partial charge is 0.338 e. The van der Waals surface area contributed by atoms with Gasteiger partial charge < -0.3 is 9.80 Å². The molecule has 1 aliphatic rings. The number of carbonyl (C=O) groups is 2. The van der Waals surface area contributed by atoms with E-state index in [0.29, 0.717) is 24.8 Å². The van der Waals surface area contributed by atoms with Crippen molar-refractivity contribution >= 4 is 46.2 Å². The van der Waals surface area contributed by atoms with Crippen molar-refractivity contribution < 1.29 is 9.59 Å². The van der Waals surface area contributed by atoms with Gasteiger partial charge in [-0.1, -0.05) is 42.1 Å². The summed E-state index contributed by atoms with van der Waals surface area (Å²) in [7, 11) is 0. The SMILES string of the molecule is CC1CN(C(=O)CSc2nnc(-c3cccs3)n2-c2ccccc2)CCN1C(=O)c1cccs1. The second kappa shape index (κ2) is 10.1. The van der Waals surface area contributed by atoms with Crippen LogP contribution in [-0.2, 0) is 4.79 Å². The highest BCUT2D eigenvalue weighted by Crippen LogP contribution is 2.30. The van der Waals surface area contributed by atoms with Crippen molar-refractivity contribution in [2.75, 3.05) is 25.4 Å². The Morgan fingerprint density at radius 3 is 2.50 bits per heavy atom. The fourth-order valence-electron chi connectivity index (χ4n) is 3.98. The van der Waals surface area contributed by atoms with Crippen LogP contribution in [0.25, 0.3) is 16.4 Å². The lowest BCUT2D eigenvalue weighted by Crippen LogP contribution is -2.55. The van der Waals surface area contributed by atoms with Crippen LogP contribution >= 0.6 is 34.4 Å². The molecule has 1 atom stereocenters. The lowest BCUT2D eigenvalue weighted by Gasteiger charge is -2.39. The average Bonchev–Trinajstić information content (AvgIpc) is 3.64. The Morgan fingerprint density at radius 2 is 1.79 bits per heavy atom. The van der Waals surface area contributed by atoms with Crippen molar-refractivity contribution in [3.05, 3.63) is 70.2 Å². The molecule has 34 heavy (non-hydrogen) atoms. The van der Waals surface area contributed by atoms with Gasteiger partial charge in [0.2, 0.25) is 5.91 Å². The maximum Gasteiger partial charge on any atom is 0.264 e. The van der Waals surface area contributed by atoms with Gasteiger partial charge in [-0.25, -0.2) is 0 Å². The van der Waals surface area contributed by atoms with E-state index in [1.807, 2.05) is 86.6 Å². The Morgan fingerprint density at radius 1 is 1.00 bits per heavy atom. The predicted octanol–water partition coefficient (Wildman–Crippen LogP) is 4.52. The monoisotopic (exact) mass is 509 g/mol. The van der Waals surface area contributed by atoms with Crippen LogP contribution in [0.3, 0.4) is 0 Å². The summed E-state index contributed by atoms with van der Waals surface area (Å²) in [4.78, 5) is 31.3. The van der Waals surface area contributed by atoms with Crippen molar-refractivity contribution in [3.63, 3.8) is 0 Å². The first-order valence-corrected chi connectivity index (χ1v) is 13.7. The zero-order chi connectivity index (χ0) is 23.5. The van der Waals surface area contributed by atoms with Crippen LogP contribution in [0.15, 0.2) is 70.5 Å². The number of benzene rings is 1. The van der Waals surface area contributed by atoms with Crippen LogP contribution in [0, 0.1) is 0 Å². The number of hydrogen-bond donors (Lipinski definition) is 0. The number of hydrogen-bond acceptors (Lipinski definition) is 7. The Balaban J connectivity index is 1.27. The van der Waals surface area contributed by atoms with Crippen LogP contribution < -0.4 is 0 Å². The second-order valence-corrected chi connectivity index (χ2v) is 10.7. The minimum atomic E-state index is -0.0318. The minimum absolute atomic E-state index is 0.0318. The van der Waals surface area contributed by atoms with Gasteiger partial charge >= 0.3 is 0 Å². The fourth-order valence-corrected chi connectivity index (χ4v) is 6.22. The maximum atomic E-state index is 13.1. The van der Waals surface area contributed by atoms with Gasteiger partial charge in [0.1, 0.15) is 0 Å². The molecule has 1 fully saturated rings.